The molecule has 1 aliphatic rings. The molecule has 1 heterocycles. The maximum atomic E-state index is 10.9. The molecule has 62 valence electrons. The van der Waals surface area contributed by atoms with E-state index in [1.54, 1.807) is 6.20 Å². The van der Waals surface area contributed by atoms with Gasteiger partial charge in [0.15, 0.2) is 0 Å². The van der Waals surface area contributed by atoms with Gasteiger partial charge in [-0.3, -0.25) is 4.31 Å². The minimum atomic E-state index is -3.15. The molecule has 4 nitrogen and oxygen atoms in total. The molecule has 0 aromatic carbocycles. The molecular formula is C5H7BrN2O2S. The monoisotopic (exact) mass is 238 g/mol. The van der Waals surface area contributed by atoms with Gasteiger partial charge in [-0.15, -0.1) is 0 Å². The third-order valence-corrected chi connectivity index (χ3v) is 2.67. The van der Waals surface area contributed by atoms with Gasteiger partial charge in [0, 0.05) is 10.7 Å². The molecule has 0 amide bonds. The van der Waals surface area contributed by atoms with Crippen molar-refractivity contribution in [2.75, 3.05) is 12.8 Å². The van der Waals surface area contributed by atoms with Crippen LogP contribution in [0.2, 0.25) is 0 Å². The Morgan fingerprint density at radius 2 is 2.36 bits per heavy atom. The lowest BCUT2D eigenvalue weighted by atomic mass is 10.6. The van der Waals surface area contributed by atoms with Gasteiger partial charge in [0.2, 0.25) is 10.0 Å². The first kappa shape index (κ1) is 8.73. The summed E-state index contributed by atoms with van der Waals surface area (Å²) in [6.07, 6.45) is 4.01. The first-order valence-corrected chi connectivity index (χ1v) is 5.49. The maximum absolute atomic E-state index is 10.9. The van der Waals surface area contributed by atoms with E-state index in [0.717, 1.165) is 15.0 Å². The van der Waals surface area contributed by atoms with Crippen molar-refractivity contribution >= 4 is 32.3 Å². The molecule has 0 aromatic heterocycles. The van der Waals surface area contributed by atoms with Gasteiger partial charge in [0.25, 0.3) is 0 Å². The predicted molar refractivity (Wildman–Crippen MR) is 47.1 cm³/mol. The summed E-state index contributed by atoms with van der Waals surface area (Å²) in [6, 6.07) is 0. The van der Waals surface area contributed by atoms with Crippen LogP contribution in [0, 0.1) is 0 Å². The summed E-state index contributed by atoms with van der Waals surface area (Å²) in [6.45, 7) is 0.336. The van der Waals surface area contributed by atoms with Crippen LogP contribution in [0.5, 0.6) is 0 Å². The molecule has 0 saturated carbocycles. The van der Waals surface area contributed by atoms with Gasteiger partial charge in [0.1, 0.15) is 6.34 Å². The van der Waals surface area contributed by atoms with Gasteiger partial charge < -0.3 is 0 Å². The van der Waals surface area contributed by atoms with Crippen molar-refractivity contribution in [3.05, 3.63) is 10.7 Å². The summed E-state index contributed by atoms with van der Waals surface area (Å²) in [5.74, 6) is 0. The number of hydrogen-bond acceptors (Lipinski definition) is 3. The van der Waals surface area contributed by atoms with E-state index in [-0.39, 0.29) is 0 Å². The van der Waals surface area contributed by atoms with Crippen LogP contribution in [-0.2, 0) is 10.0 Å². The Balaban J connectivity index is 2.83. The second-order valence-electron chi connectivity index (χ2n) is 2.15. The first-order valence-electron chi connectivity index (χ1n) is 2.85. The fourth-order valence-corrected chi connectivity index (χ4v) is 1.78. The van der Waals surface area contributed by atoms with Crippen LogP contribution in [0.3, 0.4) is 0 Å². The number of nitrogens with zero attached hydrogens (tertiary/aromatic N) is 2. The van der Waals surface area contributed by atoms with Crippen LogP contribution in [-0.4, -0.2) is 31.9 Å². The Kier molecular flexibility index (Phi) is 2.34. The second-order valence-corrected chi connectivity index (χ2v) is 5.10. The molecule has 11 heavy (non-hydrogen) atoms. The van der Waals surface area contributed by atoms with Crippen molar-refractivity contribution in [1.29, 1.82) is 0 Å². The molecule has 0 radical (unpaired) electrons. The molecule has 0 unspecified atom stereocenters. The van der Waals surface area contributed by atoms with Crippen LogP contribution in [0.4, 0.5) is 0 Å². The number of rotatable bonds is 1. The second kappa shape index (κ2) is 2.94. The first-order chi connectivity index (χ1) is 5.00. The van der Waals surface area contributed by atoms with E-state index in [9.17, 15) is 8.42 Å². The third kappa shape index (κ3) is 2.30. The van der Waals surface area contributed by atoms with Crippen molar-refractivity contribution in [2.24, 2.45) is 4.99 Å². The zero-order chi connectivity index (χ0) is 8.48. The fraction of sp³-hybridized carbons (Fsp3) is 0.400. The molecule has 1 aliphatic heterocycles. The summed E-state index contributed by atoms with van der Waals surface area (Å²) in [5, 5.41) is 0. The van der Waals surface area contributed by atoms with Crippen LogP contribution >= 0.6 is 15.9 Å². The minimum Gasteiger partial charge on any atom is -0.255 e. The zero-order valence-corrected chi connectivity index (χ0v) is 8.26. The molecule has 1 rings (SSSR count). The normalized spacial score (nSPS) is 18.4. The van der Waals surface area contributed by atoms with E-state index in [1.807, 2.05) is 0 Å². The van der Waals surface area contributed by atoms with Crippen LogP contribution in [0.25, 0.3) is 0 Å². The van der Waals surface area contributed by atoms with Crippen LogP contribution in [0.1, 0.15) is 0 Å². The molecule has 0 N–H and O–H groups in total. The highest BCUT2D eigenvalue weighted by atomic mass is 79.9. The summed E-state index contributed by atoms with van der Waals surface area (Å²) in [4.78, 5) is 3.72. The lowest BCUT2D eigenvalue weighted by Crippen LogP contribution is -2.31. The van der Waals surface area contributed by atoms with Crippen molar-refractivity contribution in [2.45, 2.75) is 0 Å². The minimum absolute atomic E-state index is 0.336. The summed E-state index contributed by atoms with van der Waals surface area (Å²) in [7, 11) is -3.15. The lowest BCUT2D eigenvalue weighted by Gasteiger charge is -2.18. The average molecular weight is 239 g/mol. The molecule has 0 saturated heterocycles. The van der Waals surface area contributed by atoms with Gasteiger partial charge in [-0.05, 0) is 0 Å². The molecule has 0 bridgehead atoms. The van der Waals surface area contributed by atoms with Crippen molar-refractivity contribution in [3.63, 3.8) is 0 Å². The Morgan fingerprint density at radius 1 is 1.73 bits per heavy atom. The number of hydrogen-bond donors (Lipinski definition) is 0. The van der Waals surface area contributed by atoms with Gasteiger partial charge in [0.05, 0.1) is 12.8 Å². The molecule has 0 aliphatic carbocycles. The Hall–Kier alpha value is -0.360. The molecule has 0 fully saturated rings. The summed E-state index contributed by atoms with van der Waals surface area (Å²) >= 11 is 3.16. The highest BCUT2D eigenvalue weighted by molar-refractivity contribution is 9.11. The Labute approximate surface area is 73.8 Å². The summed E-state index contributed by atoms with van der Waals surface area (Å²) in [5.41, 5.74) is 0. The Morgan fingerprint density at radius 3 is 2.73 bits per heavy atom. The highest BCUT2D eigenvalue weighted by Crippen LogP contribution is 2.12. The molecule has 0 aromatic rings. The average Bonchev–Trinajstić information content (AvgIpc) is 1.86. The van der Waals surface area contributed by atoms with Crippen LogP contribution in [0.15, 0.2) is 15.7 Å². The van der Waals surface area contributed by atoms with Crippen molar-refractivity contribution in [1.82, 2.24) is 4.31 Å². The van der Waals surface area contributed by atoms with E-state index in [2.05, 4.69) is 20.9 Å². The smallest absolute Gasteiger partial charge is 0.233 e. The number of sulfonamides is 1. The van der Waals surface area contributed by atoms with E-state index in [4.69, 9.17) is 0 Å². The standard InChI is InChI=1S/C5H7BrN2O2S/c1-11(9,10)8-3-5(6)2-7-4-8/h2,4H,3H2,1H3. The predicted octanol–water partition coefficient (Wildman–Crippen LogP) is 0.526. The van der Waals surface area contributed by atoms with E-state index < -0.39 is 10.0 Å². The van der Waals surface area contributed by atoms with E-state index in [1.165, 1.54) is 6.34 Å². The quantitative estimate of drug-likeness (QED) is 0.670. The van der Waals surface area contributed by atoms with Crippen LogP contribution < -0.4 is 0 Å². The molecule has 0 atom stereocenters. The van der Waals surface area contributed by atoms with Gasteiger partial charge in [-0.1, -0.05) is 15.9 Å². The molecule has 6 heteroatoms. The fourth-order valence-electron chi connectivity index (χ4n) is 0.622. The Bertz CT molecular complexity index is 306. The molecule has 0 spiro atoms. The van der Waals surface area contributed by atoms with Gasteiger partial charge >= 0.3 is 0 Å². The molecular weight excluding hydrogens is 232 g/mol. The maximum Gasteiger partial charge on any atom is 0.233 e. The van der Waals surface area contributed by atoms with E-state index >= 15 is 0 Å². The largest absolute Gasteiger partial charge is 0.255 e. The van der Waals surface area contributed by atoms with Crippen molar-refractivity contribution < 1.29 is 8.42 Å². The zero-order valence-electron chi connectivity index (χ0n) is 5.86. The third-order valence-electron chi connectivity index (χ3n) is 1.14. The highest BCUT2D eigenvalue weighted by Gasteiger charge is 2.15. The van der Waals surface area contributed by atoms with Gasteiger partial charge in [-0.25, -0.2) is 13.4 Å². The van der Waals surface area contributed by atoms with Crippen molar-refractivity contribution in [3.8, 4) is 0 Å². The van der Waals surface area contributed by atoms with Gasteiger partial charge in [-0.2, -0.15) is 0 Å². The summed E-state index contributed by atoms with van der Waals surface area (Å²) < 4.78 is 23.8. The number of aliphatic imine (C=N–C) groups is 1. The van der Waals surface area contributed by atoms with E-state index in [0.29, 0.717) is 6.54 Å². The topological polar surface area (TPSA) is 49.7 Å². The number of halogens is 1. The lowest BCUT2D eigenvalue weighted by molar-refractivity contribution is 0.548. The SMILES string of the molecule is CS(=O)(=O)N1C=NC=C(Br)C1.